The molecule has 2 aromatic carbocycles. The van der Waals surface area contributed by atoms with Crippen LogP contribution < -0.4 is 10.1 Å². The number of aliphatic hydroxyl groups is 1. The molecule has 0 aliphatic carbocycles. The van der Waals surface area contributed by atoms with Gasteiger partial charge < -0.3 is 15.2 Å². The Morgan fingerprint density at radius 3 is 2.80 bits per heavy atom. The van der Waals surface area contributed by atoms with Crippen molar-refractivity contribution in [2.45, 2.75) is 25.5 Å². The lowest BCUT2D eigenvalue weighted by Crippen LogP contribution is -2.32. The van der Waals surface area contributed by atoms with Crippen molar-refractivity contribution in [2.75, 3.05) is 25.5 Å². The summed E-state index contributed by atoms with van der Waals surface area (Å²) in [5.74, 6) is 0.776. The van der Waals surface area contributed by atoms with Crippen LogP contribution in [-0.4, -0.2) is 42.2 Å². The van der Waals surface area contributed by atoms with E-state index in [1.165, 1.54) is 5.56 Å². The average Bonchev–Trinajstić information content (AvgIpc) is 2.60. The first kappa shape index (κ1) is 17.5. The predicted octanol–water partition coefficient (Wildman–Crippen LogP) is 2.44. The van der Waals surface area contributed by atoms with E-state index in [4.69, 9.17) is 4.74 Å². The maximum atomic E-state index is 11.4. The molecule has 2 N–H and O–H groups in total. The Kier molecular flexibility index (Phi) is 5.68. The van der Waals surface area contributed by atoms with Gasteiger partial charge in [-0.1, -0.05) is 30.3 Å². The first-order valence-corrected chi connectivity index (χ1v) is 8.56. The number of carbonyl (C=O) groups excluding carboxylic acids is 1. The van der Waals surface area contributed by atoms with Gasteiger partial charge in [0.15, 0.2) is 0 Å². The number of nitrogens with zero attached hydrogens (tertiary/aromatic N) is 1. The van der Waals surface area contributed by atoms with E-state index in [9.17, 15) is 9.90 Å². The molecule has 1 amide bonds. The molecule has 0 saturated heterocycles. The van der Waals surface area contributed by atoms with Crippen molar-refractivity contribution >= 4 is 11.6 Å². The van der Waals surface area contributed by atoms with Crippen LogP contribution in [0.5, 0.6) is 5.75 Å². The monoisotopic (exact) mass is 340 g/mol. The van der Waals surface area contributed by atoms with Crippen molar-refractivity contribution in [2.24, 2.45) is 0 Å². The molecule has 0 fully saturated rings. The Morgan fingerprint density at radius 2 is 2.00 bits per heavy atom. The van der Waals surface area contributed by atoms with Gasteiger partial charge in [0.25, 0.3) is 0 Å². The van der Waals surface area contributed by atoms with Crippen molar-refractivity contribution in [1.29, 1.82) is 0 Å². The van der Waals surface area contributed by atoms with Gasteiger partial charge in [-0.15, -0.1) is 0 Å². The quantitative estimate of drug-likeness (QED) is 0.813. The van der Waals surface area contributed by atoms with E-state index in [1.54, 1.807) is 0 Å². The lowest BCUT2D eigenvalue weighted by Gasteiger charge is -2.21. The zero-order valence-electron chi connectivity index (χ0n) is 14.4. The number of benzene rings is 2. The molecule has 5 nitrogen and oxygen atoms in total. The van der Waals surface area contributed by atoms with Gasteiger partial charge in [-0.3, -0.25) is 9.69 Å². The summed E-state index contributed by atoms with van der Waals surface area (Å²) >= 11 is 0. The molecule has 1 aliphatic heterocycles. The molecule has 1 heterocycles. The molecule has 0 saturated carbocycles. The molecule has 132 valence electrons. The van der Waals surface area contributed by atoms with E-state index in [2.05, 4.69) is 22.3 Å². The molecular weight excluding hydrogens is 316 g/mol. The molecule has 0 bridgehead atoms. The van der Waals surface area contributed by atoms with Crippen LogP contribution >= 0.6 is 0 Å². The van der Waals surface area contributed by atoms with Crippen LogP contribution in [0.1, 0.15) is 17.5 Å². The molecule has 0 spiro atoms. The summed E-state index contributed by atoms with van der Waals surface area (Å²) in [6.07, 6.45) is 0.661. The lowest BCUT2D eigenvalue weighted by atomic mass is 10.0. The number of fused-ring (bicyclic) bond motifs is 1. The van der Waals surface area contributed by atoms with Crippen molar-refractivity contribution in [3.05, 3.63) is 59.7 Å². The number of ether oxygens (including phenoxy) is 1. The highest BCUT2D eigenvalue weighted by Crippen LogP contribution is 2.26. The molecule has 0 radical (unpaired) electrons. The first-order chi connectivity index (χ1) is 12.1. The Hall–Kier alpha value is -2.37. The molecule has 1 atom stereocenters. The van der Waals surface area contributed by atoms with Gasteiger partial charge in [-0.2, -0.15) is 0 Å². The number of hydrogen-bond donors (Lipinski definition) is 2. The third-order valence-electron chi connectivity index (χ3n) is 4.23. The predicted molar refractivity (Wildman–Crippen MR) is 97.7 cm³/mol. The van der Waals surface area contributed by atoms with Crippen LogP contribution in [0.15, 0.2) is 48.5 Å². The van der Waals surface area contributed by atoms with E-state index in [0.29, 0.717) is 13.0 Å². The fourth-order valence-corrected chi connectivity index (χ4v) is 3.01. The fourth-order valence-electron chi connectivity index (χ4n) is 3.01. The van der Waals surface area contributed by atoms with E-state index in [-0.39, 0.29) is 12.5 Å². The number of aryl methyl sites for hydroxylation is 1. The van der Waals surface area contributed by atoms with Gasteiger partial charge in [0.2, 0.25) is 5.91 Å². The standard InChI is InChI=1S/C20H24N2O3/c1-22(12-15-5-3-2-4-6-15)13-17(23)14-25-18-8-9-19-16(11-18)7-10-20(24)21-19/h2-6,8-9,11,17,23H,7,10,12-14H2,1H3,(H,21,24). The van der Waals surface area contributed by atoms with Crippen LogP contribution in [-0.2, 0) is 17.8 Å². The molecule has 2 aromatic rings. The Morgan fingerprint density at radius 1 is 1.20 bits per heavy atom. The highest BCUT2D eigenvalue weighted by Gasteiger charge is 2.16. The zero-order valence-corrected chi connectivity index (χ0v) is 14.4. The van der Waals surface area contributed by atoms with Crippen LogP contribution in [0.3, 0.4) is 0 Å². The van der Waals surface area contributed by atoms with Crippen LogP contribution in [0.25, 0.3) is 0 Å². The van der Waals surface area contributed by atoms with Gasteiger partial charge in [-0.25, -0.2) is 0 Å². The molecular formula is C20H24N2O3. The van der Waals surface area contributed by atoms with E-state index in [1.807, 2.05) is 43.4 Å². The Labute approximate surface area is 148 Å². The largest absolute Gasteiger partial charge is 0.491 e. The normalized spacial score (nSPS) is 14.8. The molecule has 5 heteroatoms. The Balaban J connectivity index is 1.47. The average molecular weight is 340 g/mol. The lowest BCUT2D eigenvalue weighted by molar-refractivity contribution is -0.116. The molecule has 1 aliphatic rings. The number of anilines is 1. The van der Waals surface area contributed by atoms with Crippen molar-refractivity contribution in [1.82, 2.24) is 4.90 Å². The third kappa shape index (κ3) is 5.05. The minimum absolute atomic E-state index is 0.0537. The molecule has 25 heavy (non-hydrogen) atoms. The number of rotatable bonds is 7. The summed E-state index contributed by atoms with van der Waals surface area (Å²) in [6, 6.07) is 15.8. The van der Waals surface area contributed by atoms with Gasteiger partial charge in [0.05, 0.1) is 0 Å². The summed E-state index contributed by atoms with van der Waals surface area (Å²) in [6.45, 7) is 1.57. The summed E-state index contributed by atoms with van der Waals surface area (Å²) in [5.41, 5.74) is 3.15. The maximum absolute atomic E-state index is 11.4. The number of likely N-dealkylation sites (N-methyl/N-ethyl adjacent to an activating group) is 1. The SMILES string of the molecule is CN(Cc1ccccc1)CC(O)COc1ccc2c(c1)CCC(=O)N2. The Bertz CT molecular complexity index is 718. The van der Waals surface area contributed by atoms with Gasteiger partial charge in [0, 0.05) is 25.2 Å². The van der Waals surface area contributed by atoms with E-state index >= 15 is 0 Å². The topological polar surface area (TPSA) is 61.8 Å². The molecule has 0 aromatic heterocycles. The van der Waals surface area contributed by atoms with Gasteiger partial charge in [0.1, 0.15) is 18.5 Å². The summed E-state index contributed by atoms with van der Waals surface area (Å²) in [4.78, 5) is 13.5. The van der Waals surface area contributed by atoms with Crippen LogP contribution in [0.4, 0.5) is 5.69 Å². The number of nitrogens with one attached hydrogen (secondary N) is 1. The smallest absolute Gasteiger partial charge is 0.224 e. The van der Waals surface area contributed by atoms with E-state index < -0.39 is 6.10 Å². The highest BCUT2D eigenvalue weighted by atomic mass is 16.5. The second kappa shape index (κ2) is 8.14. The van der Waals surface area contributed by atoms with Gasteiger partial charge >= 0.3 is 0 Å². The zero-order chi connectivity index (χ0) is 17.6. The molecule has 3 rings (SSSR count). The van der Waals surface area contributed by atoms with Crippen molar-refractivity contribution < 1.29 is 14.6 Å². The van der Waals surface area contributed by atoms with Crippen molar-refractivity contribution in [3.8, 4) is 5.75 Å². The van der Waals surface area contributed by atoms with Gasteiger partial charge in [-0.05, 0) is 42.8 Å². The molecule has 1 unspecified atom stereocenters. The summed E-state index contributed by atoms with van der Waals surface area (Å²) < 4.78 is 5.72. The number of carbonyl (C=O) groups is 1. The second-order valence-electron chi connectivity index (χ2n) is 6.51. The van der Waals surface area contributed by atoms with Crippen LogP contribution in [0.2, 0.25) is 0 Å². The third-order valence-corrected chi connectivity index (χ3v) is 4.23. The van der Waals surface area contributed by atoms with Crippen molar-refractivity contribution in [3.63, 3.8) is 0 Å². The first-order valence-electron chi connectivity index (χ1n) is 8.56. The second-order valence-corrected chi connectivity index (χ2v) is 6.51. The summed E-state index contributed by atoms with van der Waals surface area (Å²) in [7, 11) is 1.98. The minimum atomic E-state index is -0.565. The number of aliphatic hydroxyl groups excluding tert-OH is 1. The van der Waals surface area contributed by atoms with E-state index in [0.717, 1.165) is 30.0 Å². The fraction of sp³-hybridized carbons (Fsp3) is 0.350. The highest BCUT2D eigenvalue weighted by molar-refractivity contribution is 5.93. The minimum Gasteiger partial charge on any atom is -0.491 e. The number of amides is 1. The van der Waals surface area contributed by atoms with Crippen LogP contribution in [0, 0.1) is 0 Å². The number of hydrogen-bond acceptors (Lipinski definition) is 4. The summed E-state index contributed by atoms with van der Waals surface area (Å²) in [5, 5.41) is 13.1. The maximum Gasteiger partial charge on any atom is 0.224 e.